The maximum atomic E-state index is 11.4. The first-order valence-corrected chi connectivity index (χ1v) is 4.92. The Hall–Kier alpha value is -1.26. The van der Waals surface area contributed by atoms with Crippen molar-refractivity contribution in [2.45, 2.75) is 39.3 Å². The Morgan fingerprint density at radius 2 is 2.20 bits per heavy atom. The van der Waals surface area contributed by atoms with Gasteiger partial charge in [-0.1, -0.05) is 0 Å². The summed E-state index contributed by atoms with van der Waals surface area (Å²) in [5, 5.41) is 0. The van der Waals surface area contributed by atoms with Crippen LogP contribution in [0.3, 0.4) is 0 Å². The van der Waals surface area contributed by atoms with Gasteiger partial charge in [0.1, 0.15) is 6.61 Å². The Labute approximate surface area is 89.3 Å². The quantitative estimate of drug-likeness (QED) is 0.649. The highest BCUT2D eigenvalue weighted by atomic mass is 16.6. The van der Waals surface area contributed by atoms with E-state index in [4.69, 9.17) is 9.47 Å². The van der Waals surface area contributed by atoms with Crippen molar-refractivity contribution < 1.29 is 19.1 Å². The van der Waals surface area contributed by atoms with E-state index in [0.29, 0.717) is 6.54 Å². The van der Waals surface area contributed by atoms with Crippen molar-refractivity contribution in [2.75, 3.05) is 13.2 Å². The van der Waals surface area contributed by atoms with Gasteiger partial charge in [0, 0.05) is 12.5 Å². The third kappa shape index (κ3) is 3.11. The van der Waals surface area contributed by atoms with Crippen LogP contribution in [-0.2, 0) is 14.3 Å². The minimum atomic E-state index is -0.361. The summed E-state index contributed by atoms with van der Waals surface area (Å²) in [5.74, 6) is -0.361. The van der Waals surface area contributed by atoms with Gasteiger partial charge in [-0.15, -0.1) is 0 Å². The lowest BCUT2D eigenvalue weighted by molar-refractivity contribution is -0.143. The van der Waals surface area contributed by atoms with Crippen LogP contribution >= 0.6 is 0 Å². The Balaban J connectivity index is 2.49. The molecule has 15 heavy (non-hydrogen) atoms. The molecule has 0 spiro atoms. The number of ether oxygens (including phenoxy) is 2. The highest BCUT2D eigenvalue weighted by Crippen LogP contribution is 2.21. The maximum Gasteiger partial charge on any atom is 0.410 e. The minimum Gasteiger partial charge on any atom is -0.462 e. The summed E-state index contributed by atoms with van der Waals surface area (Å²) in [6.45, 7) is 7.73. The van der Waals surface area contributed by atoms with Crippen molar-refractivity contribution in [1.29, 1.82) is 0 Å². The monoisotopic (exact) mass is 215 g/mol. The largest absolute Gasteiger partial charge is 0.462 e. The molecule has 0 radical (unpaired) electrons. The molecule has 1 saturated heterocycles. The maximum absolute atomic E-state index is 11.4. The van der Waals surface area contributed by atoms with Crippen LogP contribution in [0.5, 0.6) is 0 Å². The molecule has 0 aromatic carbocycles. The van der Waals surface area contributed by atoms with Gasteiger partial charge >= 0.3 is 12.1 Å². The summed E-state index contributed by atoms with van der Waals surface area (Å²) >= 11 is 0. The first-order valence-electron chi connectivity index (χ1n) is 4.92. The topological polar surface area (TPSA) is 55.8 Å². The molecule has 1 amide bonds. The molecule has 1 aliphatic rings. The molecule has 0 N–H and O–H groups in total. The first-order chi connectivity index (χ1) is 6.80. The molecule has 0 bridgehead atoms. The van der Waals surface area contributed by atoms with Gasteiger partial charge < -0.3 is 9.47 Å². The van der Waals surface area contributed by atoms with Crippen LogP contribution < -0.4 is 0 Å². The van der Waals surface area contributed by atoms with E-state index in [1.807, 2.05) is 20.8 Å². The van der Waals surface area contributed by atoms with Gasteiger partial charge in [-0.05, 0) is 20.8 Å². The SMILES string of the molecule is CC(=O)OC[C@H]1CN(C(C)(C)C)C(=O)O1. The van der Waals surface area contributed by atoms with Crippen molar-refractivity contribution in [1.82, 2.24) is 4.90 Å². The summed E-state index contributed by atoms with van der Waals surface area (Å²) in [7, 11) is 0. The fraction of sp³-hybridized carbons (Fsp3) is 0.800. The fourth-order valence-electron chi connectivity index (χ4n) is 1.37. The van der Waals surface area contributed by atoms with Crippen LogP contribution in [0.15, 0.2) is 0 Å². The van der Waals surface area contributed by atoms with E-state index in [1.54, 1.807) is 4.90 Å². The minimum absolute atomic E-state index is 0.133. The van der Waals surface area contributed by atoms with Crippen molar-refractivity contribution >= 4 is 12.1 Å². The molecular weight excluding hydrogens is 198 g/mol. The summed E-state index contributed by atoms with van der Waals surface area (Å²) in [5.41, 5.74) is -0.262. The van der Waals surface area contributed by atoms with Crippen LogP contribution in [0, 0.1) is 0 Å². The first kappa shape index (κ1) is 11.8. The molecule has 86 valence electrons. The zero-order valence-electron chi connectivity index (χ0n) is 9.57. The number of rotatable bonds is 2. The third-order valence-electron chi connectivity index (χ3n) is 2.16. The fourth-order valence-corrected chi connectivity index (χ4v) is 1.37. The molecule has 0 aromatic heterocycles. The molecule has 1 aliphatic heterocycles. The van der Waals surface area contributed by atoms with E-state index in [2.05, 4.69) is 0 Å². The molecule has 0 aromatic rings. The van der Waals surface area contributed by atoms with Crippen molar-refractivity contribution in [3.8, 4) is 0 Å². The number of esters is 1. The molecule has 1 fully saturated rings. The van der Waals surface area contributed by atoms with E-state index in [0.717, 1.165) is 0 Å². The van der Waals surface area contributed by atoms with Crippen LogP contribution in [0.2, 0.25) is 0 Å². The average Bonchev–Trinajstić information content (AvgIpc) is 2.42. The molecule has 0 saturated carbocycles. The smallest absolute Gasteiger partial charge is 0.410 e. The van der Waals surface area contributed by atoms with Gasteiger partial charge in [0.05, 0.1) is 6.54 Å². The molecule has 0 aliphatic carbocycles. The third-order valence-corrected chi connectivity index (χ3v) is 2.16. The van der Waals surface area contributed by atoms with Gasteiger partial charge in [0.15, 0.2) is 6.10 Å². The van der Waals surface area contributed by atoms with Gasteiger partial charge in [-0.3, -0.25) is 9.69 Å². The van der Waals surface area contributed by atoms with Crippen molar-refractivity contribution in [3.05, 3.63) is 0 Å². The number of carbonyl (C=O) groups excluding carboxylic acids is 2. The molecular formula is C10H17NO4. The molecule has 1 rings (SSSR count). The normalized spacial score (nSPS) is 21.5. The van der Waals surface area contributed by atoms with Crippen molar-refractivity contribution in [2.24, 2.45) is 0 Å². The van der Waals surface area contributed by atoms with Gasteiger partial charge in [0.2, 0.25) is 0 Å². The van der Waals surface area contributed by atoms with E-state index in [9.17, 15) is 9.59 Å². The summed E-state index contributed by atoms with van der Waals surface area (Å²) in [6, 6.07) is 0. The zero-order chi connectivity index (χ0) is 11.6. The molecule has 0 unspecified atom stereocenters. The van der Waals surface area contributed by atoms with Crippen LogP contribution in [0.25, 0.3) is 0 Å². The molecule has 1 heterocycles. The standard InChI is InChI=1S/C10H17NO4/c1-7(12)14-6-8-5-11(9(13)15-8)10(2,3)4/h8H,5-6H2,1-4H3/t8-/m1/s1. The van der Waals surface area contributed by atoms with E-state index < -0.39 is 0 Å². The molecule has 5 heteroatoms. The Morgan fingerprint density at radius 3 is 2.60 bits per heavy atom. The van der Waals surface area contributed by atoms with E-state index >= 15 is 0 Å². The predicted molar refractivity (Wildman–Crippen MR) is 53.4 cm³/mol. The second-order valence-corrected chi connectivity index (χ2v) is 4.59. The van der Waals surface area contributed by atoms with Gasteiger partial charge in [-0.2, -0.15) is 0 Å². The van der Waals surface area contributed by atoms with Crippen LogP contribution in [0.4, 0.5) is 4.79 Å². The lowest BCUT2D eigenvalue weighted by Gasteiger charge is -2.29. The lowest BCUT2D eigenvalue weighted by atomic mass is 10.1. The Bertz CT molecular complexity index is 269. The summed E-state index contributed by atoms with van der Waals surface area (Å²) in [4.78, 5) is 23.6. The number of hydrogen-bond acceptors (Lipinski definition) is 4. The average molecular weight is 215 g/mol. The second-order valence-electron chi connectivity index (χ2n) is 4.59. The summed E-state index contributed by atoms with van der Waals surface area (Å²) in [6.07, 6.45) is -0.694. The van der Waals surface area contributed by atoms with E-state index in [1.165, 1.54) is 6.92 Å². The predicted octanol–water partition coefficient (Wildman–Crippen LogP) is 1.17. The number of amides is 1. The van der Waals surface area contributed by atoms with Gasteiger partial charge in [-0.25, -0.2) is 4.79 Å². The van der Waals surface area contributed by atoms with E-state index in [-0.39, 0.29) is 30.3 Å². The van der Waals surface area contributed by atoms with Crippen LogP contribution in [0.1, 0.15) is 27.7 Å². The Morgan fingerprint density at radius 1 is 1.60 bits per heavy atom. The lowest BCUT2D eigenvalue weighted by Crippen LogP contribution is -2.42. The number of carbonyl (C=O) groups is 2. The summed E-state index contributed by atoms with van der Waals surface area (Å²) < 4.78 is 9.85. The molecule has 5 nitrogen and oxygen atoms in total. The Kier molecular flexibility index (Phi) is 3.21. The van der Waals surface area contributed by atoms with Crippen molar-refractivity contribution in [3.63, 3.8) is 0 Å². The molecule has 1 atom stereocenters. The number of hydrogen-bond donors (Lipinski definition) is 0. The zero-order valence-corrected chi connectivity index (χ0v) is 9.57. The van der Waals surface area contributed by atoms with Gasteiger partial charge in [0.25, 0.3) is 0 Å². The highest BCUT2D eigenvalue weighted by Gasteiger charge is 2.38. The van der Waals surface area contributed by atoms with Crippen LogP contribution in [-0.4, -0.2) is 41.8 Å². The second kappa shape index (κ2) is 4.08. The highest BCUT2D eigenvalue weighted by molar-refractivity contribution is 5.71. The number of cyclic esters (lactones) is 1. The number of nitrogens with zero attached hydrogens (tertiary/aromatic N) is 1.